The number of nitrogens with zero attached hydrogens (tertiary/aromatic N) is 3. The molecule has 1 aliphatic carbocycles. The SMILES string of the molecule is CCC(=O)OCCN(c1nc(Cl)ncc1N)C1CCCC1(C)C. The van der Waals surface area contributed by atoms with Crippen molar-refractivity contribution in [2.45, 2.75) is 52.5 Å². The van der Waals surface area contributed by atoms with Crippen LogP contribution >= 0.6 is 11.6 Å². The molecule has 0 spiro atoms. The van der Waals surface area contributed by atoms with Gasteiger partial charge in [0.25, 0.3) is 0 Å². The van der Waals surface area contributed by atoms with E-state index in [9.17, 15) is 4.79 Å². The number of hydrogen-bond acceptors (Lipinski definition) is 6. The molecule has 6 nitrogen and oxygen atoms in total. The topological polar surface area (TPSA) is 81.3 Å². The lowest BCUT2D eigenvalue weighted by atomic mass is 9.86. The van der Waals surface area contributed by atoms with E-state index in [1.807, 2.05) is 0 Å². The lowest BCUT2D eigenvalue weighted by molar-refractivity contribution is -0.142. The van der Waals surface area contributed by atoms with Gasteiger partial charge in [-0.05, 0) is 29.9 Å². The van der Waals surface area contributed by atoms with Crippen LogP contribution in [0, 0.1) is 5.41 Å². The van der Waals surface area contributed by atoms with Crippen molar-refractivity contribution in [3.8, 4) is 0 Å². The van der Waals surface area contributed by atoms with Gasteiger partial charge in [0.1, 0.15) is 6.61 Å². The molecule has 1 fully saturated rings. The van der Waals surface area contributed by atoms with E-state index in [0.717, 1.165) is 19.3 Å². The Kier molecular flexibility index (Phi) is 5.68. The number of carbonyl (C=O) groups is 1. The van der Waals surface area contributed by atoms with Crippen molar-refractivity contribution in [1.82, 2.24) is 9.97 Å². The predicted molar refractivity (Wildman–Crippen MR) is 91.5 cm³/mol. The molecule has 0 bridgehead atoms. The molecule has 0 aromatic carbocycles. The average Bonchev–Trinajstić information content (AvgIpc) is 2.85. The Morgan fingerprint density at radius 2 is 2.30 bits per heavy atom. The maximum absolute atomic E-state index is 11.4. The first-order valence-corrected chi connectivity index (χ1v) is 8.43. The van der Waals surface area contributed by atoms with Gasteiger partial charge in [-0.2, -0.15) is 4.98 Å². The molecule has 1 atom stereocenters. The zero-order chi connectivity index (χ0) is 17.0. The van der Waals surface area contributed by atoms with Crippen LogP contribution in [0.15, 0.2) is 6.20 Å². The predicted octanol–water partition coefficient (Wildman–Crippen LogP) is 3.05. The number of esters is 1. The highest BCUT2D eigenvalue weighted by Crippen LogP contribution is 2.42. The highest BCUT2D eigenvalue weighted by molar-refractivity contribution is 6.28. The monoisotopic (exact) mass is 340 g/mol. The second kappa shape index (κ2) is 7.34. The zero-order valence-corrected chi connectivity index (χ0v) is 14.8. The van der Waals surface area contributed by atoms with Gasteiger partial charge in [-0.1, -0.05) is 27.2 Å². The van der Waals surface area contributed by atoms with Gasteiger partial charge in [0.2, 0.25) is 5.28 Å². The summed E-state index contributed by atoms with van der Waals surface area (Å²) < 4.78 is 5.24. The van der Waals surface area contributed by atoms with Crippen LogP contribution in [0.2, 0.25) is 5.28 Å². The second-order valence-electron chi connectivity index (χ2n) is 6.58. The normalized spacial score (nSPS) is 19.6. The third-order valence-electron chi connectivity index (χ3n) is 4.50. The Morgan fingerprint density at radius 3 is 2.91 bits per heavy atom. The van der Waals surface area contributed by atoms with Crippen molar-refractivity contribution in [3.05, 3.63) is 11.5 Å². The minimum atomic E-state index is -0.204. The summed E-state index contributed by atoms with van der Waals surface area (Å²) in [4.78, 5) is 21.8. The molecule has 1 aliphatic rings. The molecule has 2 rings (SSSR count). The molecule has 1 unspecified atom stereocenters. The maximum atomic E-state index is 11.4. The molecule has 23 heavy (non-hydrogen) atoms. The maximum Gasteiger partial charge on any atom is 0.305 e. The van der Waals surface area contributed by atoms with Gasteiger partial charge in [-0.3, -0.25) is 4.79 Å². The van der Waals surface area contributed by atoms with Gasteiger partial charge < -0.3 is 15.4 Å². The summed E-state index contributed by atoms with van der Waals surface area (Å²) in [7, 11) is 0. The minimum absolute atomic E-state index is 0.138. The first kappa shape index (κ1) is 17.8. The van der Waals surface area contributed by atoms with Gasteiger partial charge in [0.15, 0.2) is 5.82 Å². The van der Waals surface area contributed by atoms with Crippen LogP contribution in [-0.2, 0) is 9.53 Å². The largest absolute Gasteiger partial charge is 0.464 e. The van der Waals surface area contributed by atoms with Crippen LogP contribution in [-0.4, -0.2) is 35.1 Å². The zero-order valence-electron chi connectivity index (χ0n) is 14.0. The van der Waals surface area contributed by atoms with Gasteiger partial charge >= 0.3 is 5.97 Å². The van der Waals surface area contributed by atoms with Crippen molar-refractivity contribution >= 4 is 29.1 Å². The number of ether oxygens (including phenoxy) is 1. The summed E-state index contributed by atoms with van der Waals surface area (Å²) in [5.41, 5.74) is 6.69. The summed E-state index contributed by atoms with van der Waals surface area (Å²) in [6.07, 6.45) is 5.24. The molecule has 1 aromatic rings. The minimum Gasteiger partial charge on any atom is -0.464 e. The average molecular weight is 341 g/mol. The van der Waals surface area contributed by atoms with Crippen LogP contribution in [0.4, 0.5) is 11.5 Å². The van der Waals surface area contributed by atoms with Crippen molar-refractivity contribution in [1.29, 1.82) is 0 Å². The fourth-order valence-corrected chi connectivity index (χ4v) is 3.38. The molecule has 1 saturated carbocycles. The lowest BCUT2D eigenvalue weighted by Crippen LogP contribution is -2.45. The molecule has 0 amide bonds. The summed E-state index contributed by atoms with van der Waals surface area (Å²) in [6, 6.07) is 0.274. The third kappa shape index (κ3) is 4.25. The quantitative estimate of drug-likeness (QED) is 0.633. The summed E-state index contributed by atoms with van der Waals surface area (Å²) in [5, 5.41) is 0.167. The Morgan fingerprint density at radius 1 is 1.57 bits per heavy atom. The van der Waals surface area contributed by atoms with E-state index in [4.69, 9.17) is 22.1 Å². The highest BCUT2D eigenvalue weighted by Gasteiger charge is 2.39. The van der Waals surface area contributed by atoms with Gasteiger partial charge in [0, 0.05) is 12.5 Å². The smallest absolute Gasteiger partial charge is 0.305 e. The van der Waals surface area contributed by atoms with Crippen LogP contribution in [0.1, 0.15) is 46.5 Å². The van der Waals surface area contributed by atoms with Crippen LogP contribution in [0.25, 0.3) is 0 Å². The van der Waals surface area contributed by atoms with Crippen molar-refractivity contribution in [3.63, 3.8) is 0 Å². The van der Waals surface area contributed by atoms with Crippen LogP contribution < -0.4 is 10.6 Å². The lowest BCUT2D eigenvalue weighted by Gasteiger charge is -2.38. The van der Waals surface area contributed by atoms with E-state index < -0.39 is 0 Å². The molecule has 128 valence electrons. The highest BCUT2D eigenvalue weighted by atomic mass is 35.5. The first-order chi connectivity index (χ1) is 10.8. The molecule has 0 radical (unpaired) electrons. The van der Waals surface area contributed by atoms with Gasteiger partial charge in [-0.25, -0.2) is 4.98 Å². The van der Waals surface area contributed by atoms with Crippen LogP contribution in [0.3, 0.4) is 0 Å². The van der Waals surface area contributed by atoms with E-state index in [0.29, 0.717) is 31.1 Å². The Bertz CT molecular complexity index is 565. The fourth-order valence-electron chi connectivity index (χ4n) is 3.25. The molecule has 1 aromatic heterocycles. The number of anilines is 2. The Hall–Kier alpha value is -1.56. The standard InChI is InChI=1S/C16H25ClN4O2/c1-4-13(22)23-9-8-21(12-6-5-7-16(12,2)3)14-11(18)10-19-15(17)20-14/h10,12H,4-9,18H2,1-3H3. The van der Waals surface area contributed by atoms with Crippen molar-refractivity contribution in [2.75, 3.05) is 23.8 Å². The Balaban J connectivity index is 2.24. The van der Waals surface area contributed by atoms with Gasteiger partial charge in [-0.15, -0.1) is 0 Å². The Labute approximate surface area is 142 Å². The molecule has 0 saturated heterocycles. The number of aromatic nitrogens is 2. The summed E-state index contributed by atoms with van der Waals surface area (Å²) in [6.45, 7) is 7.11. The molecule has 1 heterocycles. The van der Waals surface area contributed by atoms with Gasteiger partial charge in [0.05, 0.1) is 18.4 Å². The first-order valence-electron chi connectivity index (χ1n) is 8.05. The fraction of sp³-hybridized carbons (Fsp3) is 0.688. The van der Waals surface area contributed by atoms with Crippen LogP contribution in [0.5, 0.6) is 0 Å². The molecular weight excluding hydrogens is 316 g/mol. The van der Waals surface area contributed by atoms with Crippen molar-refractivity contribution < 1.29 is 9.53 Å². The number of hydrogen-bond donors (Lipinski definition) is 1. The third-order valence-corrected chi connectivity index (χ3v) is 4.68. The number of halogens is 1. The summed E-state index contributed by atoms with van der Waals surface area (Å²) in [5.74, 6) is 0.418. The summed E-state index contributed by atoms with van der Waals surface area (Å²) >= 11 is 5.96. The number of carbonyl (C=O) groups excluding carboxylic acids is 1. The van der Waals surface area contributed by atoms with E-state index in [2.05, 4.69) is 28.7 Å². The van der Waals surface area contributed by atoms with Crippen molar-refractivity contribution in [2.24, 2.45) is 5.41 Å². The second-order valence-corrected chi connectivity index (χ2v) is 6.92. The molecule has 0 aliphatic heterocycles. The van der Waals surface area contributed by atoms with E-state index >= 15 is 0 Å². The molecule has 2 N–H and O–H groups in total. The number of nitrogens with two attached hydrogens (primary N) is 1. The number of rotatable bonds is 6. The van der Waals surface area contributed by atoms with E-state index in [1.54, 1.807) is 6.92 Å². The molecular formula is C16H25ClN4O2. The van der Waals surface area contributed by atoms with E-state index in [1.165, 1.54) is 6.20 Å². The van der Waals surface area contributed by atoms with E-state index in [-0.39, 0.29) is 22.7 Å². The molecule has 7 heteroatoms. The number of nitrogen functional groups attached to an aromatic ring is 1.